The van der Waals surface area contributed by atoms with Gasteiger partial charge in [-0.25, -0.2) is 14.4 Å². The lowest BCUT2D eigenvalue weighted by atomic mass is 10.1. The first-order valence-corrected chi connectivity index (χ1v) is 8.08. The minimum atomic E-state index is -0.296. The Hall–Kier alpha value is -3.21. The molecule has 4 aromatic rings. The second-order valence-corrected chi connectivity index (χ2v) is 6.06. The van der Waals surface area contributed by atoms with E-state index in [2.05, 4.69) is 26.3 Å². The normalized spacial score (nSPS) is 11.0. The van der Waals surface area contributed by atoms with Crippen LogP contribution >= 0.6 is 0 Å². The fourth-order valence-electron chi connectivity index (χ4n) is 2.83. The number of nitrogens with zero attached hydrogens (tertiary/aromatic N) is 2. The smallest absolute Gasteiger partial charge is 0.146 e. The Morgan fingerprint density at radius 2 is 1.96 bits per heavy atom. The number of rotatable bonds is 4. The Morgan fingerprint density at radius 1 is 1.08 bits per heavy atom. The molecule has 3 aromatic heterocycles. The van der Waals surface area contributed by atoms with Crippen LogP contribution in [0.3, 0.4) is 0 Å². The van der Waals surface area contributed by atoms with Crippen molar-refractivity contribution in [2.45, 2.75) is 13.3 Å². The highest BCUT2D eigenvalue weighted by Crippen LogP contribution is 2.22. The molecule has 0 fully saturated rings. The van der Waals surface area contributed by atoms with Crippen LogP contribution in [0.5, 0.6) is 0 Å². The Morgan fingerprint density at radius 3 is 2.76 bits per heavy atom. The largest absolute Gasteiger partial charge is 0.346 e. The summed E-state index contributed by atoms with van der Waals surface area (Å²) in [5, 5.41) is 4.13. The third-order valence-electron chi connectivity index (χ3n) is 4.11. The van der Waals surface area contributed by atoms with Crippen molar-refractivity contribution in [3.05, 3.63) is 83.6 Å². The molecule has 5 heteroatoms. The minimum absolute atomic E-state index is 0.296. The van der Waals surface area contributed by atoms with Crippen LogP contribution in [0.15, 0.2) is 61.1 Å². The standard InChI is InChI=1S/C20H17FN4/c1-13-8-16-15(12-24-20(16)23-10-13)9-14-6-7-19(22-11-14)25-18-5-3-2-4-17(18)21/h2-8,10-12H,9H2,1H3,(H,22,25)(H,23,24). The molecule has 0 aliphatic heterocycles. The van der Waals surface area contributed by atoms with Crippen LogP contribution in [0.4, 0.5) is 15.9 Å². The number of aromatic amines is 1. The summed E-state index contributed by atoms with van der Waals surface area (Å²) in [7, 11) is 0. The number of hydrogen-bond donors (Lipinski definition) is 2. The maximum atomic E-state index is 13.7. The second kappa shape index (κ2) is 6.36. The quantitative estimate of drug-likeness (QED) is 0.567. The van der Waals surface area contributed by atoms with Gasteiger partial charge < -0.3 is 10.3 Å². The van der Waals surface area contributed by atoms with E-state index in [-0.39, 0.29) is 5.82 Å². The highest BCUT2D eigenvalue weighted by atomic mass is 19.1. The summed E-state index contributed by atoms with van der Waals surface area (Å²) in [5.41, 5.74) is 4.72. The number of anilines is 2. The molecule has 0 bridgehead atoms. The summed E-state index contributed by atoms with van der Waals surface area (Å²) in [5.74, 6) is 0.320. The van der Waals surface area contributed by atoms with Gasteiger partial charge in [0.15, 0.2) is 0 Å². The third kappa shape index (κ3) is 3.21. The molecule has 0 saturated heterocycles. The van der Waals surface area contributed by atoms with Crippen molar-refractivity contribution in [2.24, 2.45) is 0 Å². The SMILES string of the molecule is Cc1cnc2[nH]cc(Cc3ccc(Nc4ccccc4F)nc3)c2c1. The fraction of sp³-hybridized carbons (Fsp3) is 0.100. The average molecular weight is 332 g/mol. The van der Waals surface area contributed by atoms with Gasteiger partial charge in [0.25, 0.3) is 0 Å². The van der Waals surface area contributed by atoms with E-state index in [1.165, 1.54) is 11.6 Å². The van der Waals surface area contributed by atoms with Gasteiger partial charge in [0.1, 0.15) is 17.3 Å². The maximum absolute atomic E-state index is 13.7. The van der Waals surface area contributed by atoms with Crippen molar-refractivity contribution in [3.63, 3.8) is 0 Å². The number of benzene rings is 1. The topological polar surface area (TPSA) is 53.6 Å². The second-order valence-electron chi connectivity index (χ2n) is 6.06. The number of H-pyrrole nitrogens is 1. The molecule has 0 aliphatic rings. The van der Waals surface area contributed by atoms with Crippen LogP contribution in [0, 0.1) is 12.7 Å². The van der Waals surface area contributed by atoms with Gasteiger partial charge in [-0.2, -0.15) is 0 Å². The van der Waals surface area contributed by atoms with Gasteiger partial charge in [0.2, 0.25) is 0 Å². The number of fused-ring (bicyclic) bond motifs is 1. The molecule has 124 valence electrons. The van der Waals surface area contributed by atoms with Gasteiger partial charge in [0, 0.05) is 30.4 Å². The Balaban J connectivity index is 1.54. The lowest BCUT2D eigenvalue weighted by Crippen LogP contribution is -1.97. The van der Waals surface area contributed by atoms with Crippen LogP contribution in [0.25, 0.3) is 11.0 Å². The van der Waals surface area contributed by atoms with Crippen molar-refractivity contribution < 1.29 is 4.39 Å². The van der Waals surface area contributed by atoms with E-state index in [9.17, 15) is 4.39 Å². The van der Waals surface area contributed by atoms with Crippen molar-refractivity contribution in [3.8, 4) is 0 Å². The molecular weight excluding hydrogens is 315 g/mol. The highest BCUT2D eigenvalue weighted by Gasteiger charge is 2.07. The van der Waals surface area contributed by atoms with Gasteiger partial charge in [0.05, 0.1) is 5.69 Å². The number of nitrogens with one attached hydrogen (secondary N) is 2. The lowest BCUT2D eigenvalue weighted by molar-refractivity contribution is 0.632. The number of aryl methyl sites for hydroxylation is 1. The zero-order chi connectivity index (χ0) is 17.2. The van der Waals surface area contributed by atoms with Gasteiger partial charge in [-0.1, -0.05) is 18.2 Å². The maximum Gasteiger partial charge on any atom is 0.146 e. The van der Waals surface area contributed by atoms with Crippen molar-refractivity contribution in [2.75, 3.05) is 5.32 Å². The molecular formula is C20H17FN4. The summed E-state index contributed by atoms with van der Waals surface area (Å²) in [6.45, 7) is 2.04. The monoisotopic (exact) mass is 332 g/mol. The van der Waals surface area contributed by atoms with Gasteiger partial charge in [-0.15, -0.1) is 0 Å². The van der Waals surface area contributed by atoms with E-state index in [0.717, 1.165) is 28.6 Å². The average Bonchev–Trinajstić information content (AvgIpc) is 3.01. The first-order valence-electron chi connectivity index (χ1n) is 8.08. The van der Waals surface area contributed by atoms with E-state index < -0.39 is 0 Å². The van der Waals surface area contributed by atoms with E-state index in [1.807, 2.05) is 37.6 Å². The van der Waals surface area contributed by atoms with Gasteiger partial charge in [-0.3, -0.25) is 0 Å². The van der Waals surface area contributed by atoms with Crippen molar-refractivity contribution in [1.82, 2.24) is 15.0 Å². The molecule has 4 rings (SSSR count). The molecule has 4 nitrogen and oxygen atoms in total. The van der Waals surface area contributed by atoms with Crippen LogP contribution < -0.4 is 5.32 Å². The van der Waals surface area contributed by atoms with Gasteiger partial charge >= 0.3 is 0 Å². The van der Waals surface area contributed by atoms with Gasteiger partial charge in [-0.05, 0) is 47.9 Å². The van der Waals surface area contributed by atoms with Crippen LogP contribution in [-0.4, -0.2) is 15.0 Å². The Bertz CT molecular complexity index is 1020. The molecule has 1 aromatic carbocycles. The lowest BCUT2D eigenvalue weighted by Gasteiger charge is -2.07. The molecule has 0 amide bonds. The van der Waals surface area contributed by atoms with E-state index in [4.69, 9.17) is 0 Å². The van der Waals surface area contributed by atoms with Crippen molar-refractivity contribution >= 4 is 22.5 Å². The molecule has 0 radical (unpaired) electrons. The predicted octanol–water partition coefficient (Wildman–Crippen LogP) is 4.74. The molecule has 0 saturated carbocycles. The van der Waals surface area contributed by atoms with Crippen LogP contribution in [-0.2, 0) is 6.42 Å². The molecule has 3 heterocycles. The number of aromatic nitrogens is 3. The van der Waals surface area contributed by atoms with E-state index in [1.54, 1.807) is 18.2 Å². The Labute approximate surface area is 144 Å². The first kappa shape index (κ1) is 15.3. The van der Waals surface area contributed by atoms with Crippen molar-refractivity contribution in [1.29, 1.82) is 0 Å². The molecule has 2 N–H and O–H groups in total. The summed E-state index contributed by atoms with van der Waals surface area (Å²) in [6.07, 6.45) is 6.42. The van der Waals surface area contributed by atoms with Crippen LogP contribution in [0.1, 0.15) is 16.7 Å². The number of para-hydroxylation sites is 1. The molecule has 0 unspecified atom stereocenters. The highest BCUT2D eigenvalue weighted by molar-refractivity contribution is 5.80. The minimum Gasteiger partial charge on any atom is -0.346 e. The third-order valence-corrected chi connectivity index (χ3v) is 4.11. The summed E-state index contributed by atoms with van der Waals surface area (Å²) < 4.78 is 13.7. The number of hydrogen-bond acceptors (Lipinski definition) is 3. The number of halogens is 1. The first-order chi connectivity index (χ1) is 12.2. The number of pyridine rings is 2. The van der Waals surface area contributed by atoms with E-state index in [0.29, 0.717) is 11.5 Å². The summed E-state index contributed by atoms with van der Waals surface area (Å²) >= 11 is 0. The summed E-state index contributed by atoms with van der Waals surface area (Å²) in [4.78, 5) is 12.0. The molecule has 0 atom stereocenters. The zero-order valence-corrected chi connectivity index (χ0v) is 13.8. The predicted molar refractivity (Wildman–Crippen MR) is 97.6 cm³/mol. The Kier molecular flexibility index (Phi) is 3.90. The van der Waals surface area contributed by atoms with Crippen LogP contribution in [0.2, 0.25) is 0 Å². The molecule has 0 spiro atoms. The molecule has 25 heavy (non-hydrogen) atoms. The zero-order valence-electron chi connectivity index (χ0n) is 13.8. The fourth-order valence-corrected chi connectivity index (χ4v) is 2.83. The summed E-state index contributed by atoms with van der Waals surface area (Å²) in [6, 6.07) is 12.5. The van der Waals surface area contributed by atoms with E-state index >= 15 is 0 Å². The molecule has 0 aliphatic carbocycles.